The average molecular weight is 561 g/mol. The van der Waals surface area contributed by atoms with Gasteiger partial charge in [0.25, 0.3) is 0 Å². The monoisotopic (exact) mass is 560 g/mol. The molecule has 0 amide bonds. The molecule has 6 heteroatoms. The number of carbonyl (C=O) groups is 1. The van der Waals surface area contributed by atoms with E-state index in [9.17, 15) is 9.90 Å². The topological polar surface area (TPSA) is 73.2 Å². The Bertz CT molecular complexity index is 1110. The van der Waals surface area contributed by atoms with Gasteiger partial charge in [0, 0.05) is 12.8 Å². The molecule has 5 rings (SSSR count). The molecule has 3 aliphatic rings. The van der Waals surface area contributed by atoms with E-state index in [1.807, 2.05) is 12.1 Å². The number of aliphatic hydroxyl groups is 1. The predicted molar refractivity (Wildman–Crippen MR) is 164 cm³/mol. The Morgan fingerprint density at radius 3 is 2.17 bits per heavy atom. The van der Waals surface area contributed by atoms with Crippen molar-refractivity contribution < 1.29 is 19.7 Å². The standard InChI is InChI=1S/C35H48N2O4/c38-31-26-32(41-27-28-17-19-30(20-18-28)29-14-6-3-7-15-29)35(37-24-12-5-13-25-37,21-9-2-1-8-16-33(39)40)34(31)36-22-10-4-11-23-36/h1-3,6-7,14-15,17-20,31-32,34,38H,4-5,8-13,16,21-27H2,(H,39,40)/t31-,32-,34-,35-/m0/s1. The van der Waals surface area contributed by atoms with Gasteiger partial charge in [0.15, 0.2) is 0 Å². The van der Waals surface area contributed by atoms with Crippen LogP contribution in [0.25, 0.3) is 11.1 Å². The zero-order chi connectivity index (χ0) is 28.5. The highest BCUT2D eigenvalue weighted by Gasteiger charge is 2.60. The zero-order valence-corrected chi connectivity index (χ0v) is 24.5. The van der Waals surface area contributed by atoms with Crippen molar-refractivity contribution in [1.29, 1.82) is 0 Å². The van der Waals surface area contributed by atoms with Crippen molar-refractivity contribution in [3.63, 3.8) is 0 Å². The van der Waals surface area contributed by atoms with Crippen molar-refractivity contribution >= 4 is 5.97 Å². The number of piperidine rings is 2. The molecule has 41 heavy (non-hydrogen) atoms. The lowest BCUT2D eigenvalue weighted by atomic mass is 9.80. The summed E-state index contributed by atoms with van der Waals surface area (Å²) >= 11 is 0. The number of ether oxygens (including phenoxy) is 1. The van der Waals surface area contributed by atoms with E-state index >= 15 is 0 Å². The summed E-state index contributed by atoms with van der Waals surface area (Å²) in [5.74, 6) is -0.756. The van der Waals surface area contributed by atoms with E-state index in [4.69, 9.17) is 9.84 Å². The number of likely N-dealkylation sites (tertiary alicyclic amines) is 2. The molecule has 0 aromatic heterocycles. The molecule has 222 valence electrons. The molecule has 2 saturated heterocycles. The molecule has 2 aromatic rings. The number of carboxylic acids is 1. The summed E-state index contributed by atoms with van der Waals surface area (Å²) in [7, 11) is 0. The molecular weight excluding hydrogens is 512 g/mol. The number of aliphatic carboxylic acids is 1. The van der Waals surface area contributed by atoms with Gasteiger partial charge in [0.05, 0.1) is 30.4 Å². The number of rotatable bonds is 12. The Morgan fingerprint density at radius 2 is 1.49 bits per heavy atom. The zero-order valence-electron chi connectivity index (χ0n) is 24.5. The maximum atomic E-state index is 11.7. The summed E-state index contributed by atoms with van der Waals surface area (Å²) < 4.78 is 6.87. The summed E-state index contributed by atoms with van der Waals surface area (Å²) in [5.41, 5.74) is 3.30. The van der Waals surface area contributed by atoms with Crippen molar-refractivity contribution in [1.82, 2.24) is 9.80 Å². The lowest BCUT2D eigenvalue weighted by molar-refractivity contribution is -0.136. The molecular formula is C35H48N2O4. The number of benzene rings is 2. The lowest BCUT2D eigenvalue weighted by Gasteiger charge is -2.53. The van der Waals surface area contributed by atoms with Gasteiger partial charge in [-0.05, 0) is 87.8 Å². The summed E-state index contributed by atoms with van der Waals surface area (Å²) in [4.78, 5) is 16.2. The van der Waals surface area contributed by atoms with E-state index in [1.54, 1.807) is 0 Å². The first-order chi connectivity index (χ1) is 20.1. The normalized spacial score (nSPS) is 27.9. The number of carboxylic acid groups (broad SMARTS) is 1. The largest absolute Gasteiger partial charge is 0.481 e. The second-order valence-corrected chi connectivity index (χ2v) is 12.2. The highest BCUT2D eigenvalue weighted by molar-refractivity contribution is 5.66. The predicted octanol–water partition coefficient (Wildman–Crippen LogP) is 6.28. The van der Waals surface area contributed by atoms with Crippen molar-refractivity contribution in [3.05, 3.63) is 72.3 Å². The number of aliphatic hydroxyl groups excluding tert-OH is 1. The quantitative estimate of drug-likeness (QED) is 0.298. The molecule has 2 aromatic carbocycles. The Hall–Kier alpha value is -2.51. The van der Waals surface area contributed by atoms with Crippen LogP contribution in [0.15, 0.2) is 66.7 Å². The molecule has 0 bridgehead atoms. The van der Waals surface area contributed by atoms with Gasteiger partial charge in [-0.2, -0.15) is 0 Å². The number of allylic oxidation sites excluding steroid dienone is 2. The molecule has 0 spiro atoms. The van der Waals surface area contributed by atoms with Crippen LogP contribution in [-0.4, -0.2) is 75.9 Å². The maximum absolute atomic E-state index is 11.7. The first-order valence-electron chi connectivity index (χ1n) is 15.9. The minimum atomic E-state index is -0.756. The Morgan fingerprint density at radius 1 is 0.854 bits per heavy atom. The number of nitrogens with zero attached hydrogens (tertiary/aromatic N) is 2. The summed E-state index contributed by atoms with van der Waals surface area (Å²) in [6, 6.07) is 19.2. The number of hydrogen-bond acceptors (Lipinski definition) is 5. The van der Waals surface area contributed by atoms with Crippen LogP contribution >= 0.6 is 0 Å². The second-order valence-electron chi connectivity index (χ2n) is 12.2. The maximum Gasteiger partial charge on any atom is 0.303 e. The third-order valence-electron chi connectivity index (χ3n) is 9.53. The summed E-state index contributed by atoms with van der Waals surface area (Å²) in [6.45, 7) is 4.71. The van der Waals surface area contributed by atoms with Crippen LogP contribution in [0.4, 0.5) is 0 Å². The van der Waals surface area contributed by atoms with Crippen LogP contribution < -0.4 is 0 Å². The van der Waals surface area contributed by atoms with E-state index in [1.165, 1.54) is 49.7 Å². The molecule has 0 unspecified atom stereocenters. The summed E-state index contributed by atoms with van der Waals surface area (Å²) in [5, 5.41) is 20.7. The van der Waals surface area contributed by atoms with E-state index in [-0.39, 0.29) is 24.1 Å². The van der Waals surface area contributed by atoms with Crippen molar-refractivity contribution in [3.8, 4) is 11.1 Å². The van der Waals surface area contributed by atoms with Crippen molar-refractivity contribution in [2.45, 2.75) is 101 Å². The Labute approximate surface area is 246 Å². The SMILES string of the molecule is O=C(O)CCC=CCC[C@]1(N2CCCCC2)[C@@H](OCc2ccc(-c3ccccc3)cc2)C[C@H](O)[C@@H]1N1CCCCC1. The van der Waals surface area contributed by atoms with Gasteiger partial charge in [-0.1, -0.05) is 79.6 Å². The Balaban J connectivity index is 1.38. The van der Waals surface area contributed by atoms with Gasteiger partial charge < -0.3 is 14.9 Å². The fraction of sp³-hybridized carbons (Fsp3) is 0.571. The van der Waals surface area contributed by atoms with Gasteiger partial charge in [0.1, 0.15) is 0 Å². The fourth-order valence-electron chi connectivity index (χ4n) is 7.59. The van der Waals surface area contributed by atoms with Crippen LogP contribution in [0.3, 0.4) is 0 Å². The first kappa shape index (κ1) is 30.0. The molecule has 2 N–H and O–H groups in total. The average Bonchev–Trinajstić information content (AvgIpc) is 3.30. The minimum absolute atomic E-state index is 0.0544. The molecule has 2 aliphatic heterocycles. The minimum Gasteiger partial charge on any atom is -0.481 e. The van der Waals surface area contributed by atoms with E-state index < -0.39 is 12.1 Å². The van der Waals surface area contributed by atoms with Gasteiger partial charge in [-0.25, -0.2) is 0 Å². The highest BCUT2D eigenvalue weighted by atomic mass is 16.5. The van der Waals surface area contributed by atoms with Crippen molar-refractivity contribution in [2.75, 3.05) is 26.2 Å². The Kier molecular flexibility index (Phi) is 10.7. The van der Waals surface area contributed by atoms with Gasteiger partial charge in [0.2, 0.25) is 0 Å². The van der Waals surface area contributed by atoms with Crippen LogP contribution in [0, 0.1) is 0 Å². The lowest BCUT2D eigenvalue weighted by Crippen LogP contribution is -2.67. The van der Waals surface area contributed by atoms with Gasteiger partial charge >= 0.3 is 5.97 Å². The molecule has 6 nitrogen and oxygen atoms in total. The molecule has 0 radical (unpaired) electrons. The molecule has 2 heterocycles. The first-order valence-corrected chi connectivity index (χ1v) is 15.9. The van der Waals surface area contributed by atoms with Crippen molar-refractivity contribution in [2.24, 2.45) is 0 Å². The van der Waals surface area contributed by atoms with Crippen LogP contribution in [0.2, 0.25) is 0 Å². The van der Waals surface area contributed by atoms with Gasteiger partial charge in [-0.15, -0.1) is 0 Å². The molecule has 3 fully saturated rings. The number of hydrogen-bond donors (Lipinski definition) is 2. The third kappa shape index (κ3) is 7.29. The highest BCUT2D eigenvalue weighted by Crippen LogP contribution is 2.46. The van der Waals surface area contributed by atoms with E-state index in [2.05, 4.69) is 64.4 Å². The van der Waals surface area contributed by atoms with Crippen LogP contribution in [-0.2, 0) is 16.1 Å². The third-order valence-corrected chi connectivity index (χ3v) is 9.53. The molecule has 1 saturated carbocycles. The summed E-state index contributed by atoms with van der Waals surface area (Å²) in [6.07, 6.45) is 14.1. The smallest absolute Gasteiger partial charge is 0.303 e. The molecule has 1 aliphatic carbocycles. The fourth-order valence-corrected chi connectivity index (χ4v) is 7.59. The van der Waals surface area contributed by atoms with Crippen LogP contribution in [0.1, 0.15) is 76.2 Å². The van der Waals surface area contributed by atoms with E-state index in [0.29, 0.717) is 19.4 Å². The van der Waals surface area contributed by atoms with Crippen LogP contribution in [0.5, 0.6) is 0 Å². The molecule has 4 atom stereocenters. The van der Waals surface area contributed by atoms with E-state index in [0.717, 1.165) is 44.6 Å². The second kappa shape index (κ2) is 14.6. The van der Waals surface area contributed by atoms with Gasteiger partial charge in [-0.3, -0.25) is 14.6 Å².